The highest BCUT2D eigenvalue weighted by Gasteiger charge is 2.34. The predicted octanol–water partition coefficient (Wildman–Crippen LogP) is 2.52. The predicted molar refractivity (Wildman–Crippen MR) is 79.7 cm³/mol. The van der Waals surface area contributed by atoms with Crippen molar-refractivity contribution in [3.8, 4) is 0 Å². The maximum absolute atomic E-state index is 11.8. The zero-order valence-electron chi connectivity index (χ0n) is 13.2. The summed E-state index contributed by atoms with van der Waals surface area (Å²) in [5.41, 5.74) is 0. The molecule has 2 atom stereocenters. The van der Waals surface area contributed by atoms with Gasteiger partial charge < -0.3 is 10.1 Å². The van der Waals surface area contributed by atoms with Crippen LogP contribution in [0.3, 0.4) is 0 Å². The largest absolute Gasteiger partial charge is 0.461 e. The SMILES string of the molecule is CCCC[C@@H]1C[C@H](NC(=O)CCCCC(=O)CC)C(=O)O1. The van der Waals surface area contributed by atoms with E-state index in [1.165, 1.54) is 0 Å². The van der Waals surface area contributed by atoms with Crippen LogP contribution in [0, 0.1) is 0 Å². The van der Waals surface area contributed by atoms with Gasteiger partial charge in [0.2, 0.25) is 5.91 Å². The first-order chi connectivity index (χ1) is 10.1. The van der Waals surface area contributed by atoms with Crippen molar-refractivity contribution in [1.82, 2.24) is 5.32 Å². The average molecular weight is 297 g/mol. The van der Waals surface area contributed by atoms with Crippen molar-refractivity contribution in [2.75, 3.05) is 0 Å². The van der Waals surface area contributed by atoms with Crippen LogP contribution >= 0.6 is 0 Å². The van der Waals surface area contributed by atoms with Gasteiger partial charge in [-0.05, 0) is 19.3 Å². The van der Waals surface area contributed by atoms with Crippen molar-refractivity contribution < 1.29 is 19.1 Å². The zero-order valence-corrected chi connectivity index (χ0v) is 13.2. The summed E-state index contributed by atoms with van der Waals surface area (Å²) in [7, 11) is 0. The van der Waals surface area contributed by atoms with E-state index in [1.807, 2.05) is 6.92 Å². The Balaban J connectivity index is 2.19. The molecule has 21 heavy (non-hydrogen) atoms. The Hall–Kier alpha value is -1.39. The Morgan fingerprint density at radius 2 is 1.90 bits per heavy atom. The summed E-state index contributed by atoms with van der Waals surface area (Å²) in [5.74, 6) is -0.212. The average Bonchev–Trinajstić information content (AvgIpc) is 2.81. The highest BCUT2D eigenvalue weighted by molar-refractivity contribution is 5.85. The summed E-state index contributed by atoms with van der Waals surface area (Å²) in [6.07, 6.45) is 6.36. The summed E-state index contributed by atoms with van der Waals surface area (Å²) in [6.45, 7) is 3.94. The first-order valence-electron chi connectivity index (χ1n) is 8.08. The lowest BCUT2D eigenvalue weighted by atomic mass is 10.1. The monoisotopic (exact) mass is 297 g/mol. The normalized spacial score (nSPS) is 21.1. The molecule has 0 bridgehead atoms. The smallest absolute Gasteiger partial charge is 0.329 e. The molecule has 0 aliphatic carbocycles. The van der Waals surface area contributed by atoms with Crippen molar-refractivity contribution in [3.05, 3.63) is 0 Å². The zero-order chi connectivity index (χ0) is 15.7. The molecule has 1 fully saturated rings. The number of amides is 1. The van der Waals surface area contributed by atoms with Crippen molar-refractivity contribution in [3.63, 3.8) is 0 Å². The van der Waals surface area contributed by atoms with Gasteiger partial charge >= 0.3 is 5.97 Å². The van der Waals surface area contributed by atoms with Crippen LogP contribution in [0.5, 0.6) is 0 Å². The lowest BCUT2D eigenvalue weighted by Crippen LogP contribution is -2.37. The number of Topliss-reactive ketones (excluding diaryl/α,β-unsaturated/α-hetero) is 1. The van der Waals surface area contributed by atoms with Crippen LogP contribution in [0.1, 0.15) is 71.6 Å². The molecule has 1 heterocycles. The molecule has 5 heteroatoms. The van der Waals surface area contributed by atoms with Gasteiger partial charge in [0.25, 0.3) is 0 Å². The van der Waals surface area contributed by atoms with Crippen molar-refractivity contribution in [1.29, 1.82) is 0 Å². The Morgan fingerprint density at radius 1 is 1.19 bits per heavy atom. The van der Waals surface area contributed by atoms with E-state index in [-0.39, 0.29) is 23.8 Å². The summed E-state index contributed by atoms with van der Waals surface area (Å²) < 4.78 is 5.25. The Morgan fingerprint density at radius 3 is 2.57 bits per heavy atom. The van der Waals surface area contributed by atoms with Gasteiger partial charge in [-0.1, -0.05) is 26.7 Å². The van der Waals surface area contributed by atoms with Gasteiger partial charge in [0.05, 0.1) is 0 Å². The number of hydrogen-bond acceptors (Lipinski definition) is 4. The highest BCUT2D eigenvalue weighted by atomic mass is 16.6. The third-order valence-corrected chi connectivity index (χ3v) is 3.78. The highest BCUT2D eigenvalue weighted by Crippen LogP contribution is 2.20. The molecule has 0 unspecified atom stereocenters. The van der Waals surface area contributed by atoms with E-state index in [0.29, 0.717) is 32.1 Å². The van der Waals surface area contributed by atoms with Gasteiger partial charge in [0.1, 0.15) is 17.9 Å². The third-order valence-electron chi connectivity index (χ3n) is 3.78. The molecule has 0 saturated carbocycles. The van der Waals surface area contributed by atoms with Gasteiger partial charge in [0, 0.05) is 25.7 Å². The van der Waals surface area contributed by atoms with Crippen molar-refractivity contribution >= 4 is 17.7 Å². The first kappa shape index (κ1) is 17.7. The molecular formula is C16H27NO4. The molecule has 0 aromatic carbocycles. The van der Waals surface area contributed by atoms with Crippen LogP contribution in [0.15, 0.2) is 0 Å². The topological polar surface area (TPSA) is 72.5 Å². The second-order valence-electron chi connectivity index (χ2n) is 5.66. The van der Waals surface area contributed by atoms with Crippen LogP contribution in [0.25, 0.3) is 0 Å². The van der Waals surface area contributed by atoms with Crippen LogP contribution in [0.2, 0.25) is 0 Å². The molecule has 0 aromatic heterocycles. The van der Waals surface area contributed by atoms with Gasteiger partial charge in [-0.2, -0.15) is 0 Å². The quantitative estimate of drug-likeness (QED) is 0.497. The number of hydrogen-bond donors (Lipinski definition) is 1. The number of carbonyl (C=O) groups excluding carboxylic acids is 3. The van der Waals surface area contributed by atoms with Gasteiger partial charge in [-0.15, -0.1) is 0 Å². The number of nitrogens with one attached hydrogen (secondary N) is 1. The summed E-state index contributed by atoms with van der Waals surface area (Å²) in [4.78, 5) is 34.6. The van der Waals surface area contributed by atoms with E-state index >= 15 is 0 Å². The fourth-order valence-electron chi connectivity index (χ4n) is 2.43. The maximum Gasteiger partial charge on any atom is 0.329 e. The minimum atomic E-state index is -0.489. The maximum atomic E-state index is 11.8. The molecule has 1 aliphatic rings. The molecule has 120 valence electrons. The number of cyclic esters (lactones) is 1. The number of ether oxygens (including phenoxy) is 1. The van der Waals surface area contributed by atoms with Gasteiger partial charge in [-0.3, -0.25) is 9.59 Å². The number of carbonyl (C=O) groups is 3. The third kappa shape index (κ3) is 6.74. The van der Waals surface area contributed by atoms with Crippen molar-refractivity contribution in [2.45, 2.75) is 83.8 Å². The van der Waals surface area contributed by atoms with Crippen LogP contribution in [0.4, 0.5) is 0 Å². The molecule has 0 aromatic rings. The number of rotatable bonds is 10. The first-order valence-corrected chi connectivity index (χ1v) is 8.08. The van der Waals surface area contributed by atoms with Gasteiger partial charge in [0.15, 0.2) is 0 Å². The summed E-state index contributed by atoms with van der Waals surface area (Å²) >= 11 is 0. The summed E-state index contributed by atoms with van der Waals surface area (Å²) in [5, 5.41) is 2.74. The molecule has 0 radical (unpaired) electrons. The van der Waals surface area contributed by atoms with Crippen molar-refractivity contribution in [2.24, 2.45) is 0 Å². The van der Waals surface area contributed by atoms with E-state index in [2.05, 4.69) is 12.2 Å². The molecule has 1 amide bonds. The molecular weight excluding hydrogens is 270 g/mol. The fourth-order valence-corrected chi connectivity index (χ4v) is 2.43. The second-order valence-corrected chi connectivity index (χ2v) is 5.66. The molecule has 0 spiro atoms. The van der Waals surface area contributed by atoms with E-state index < -0.39 is 6.04 Å². The molecule has 1 saturated heterocycles. The molecule has 1 rings (SSSR count). The Labute approximate surface area is 126 Å². The number of unbranched alkanes of at least 4 members (excludes halogenated alkanes) is 2. The van der Waals surface area contributed by atoms with E-state index in [0.717, 1.165) is 25.7 Å². The molecule has 5 nitrogen and oxygen atoms in total. The summed E-state index contributed by atoms with van der Waals surface area (Å²) in [6, 6.07) is -0.489. The van der Waals surface area contributed by atoms with Gasteiger partial charge in [-0.25, -0.2) is 4.79 Å². The molecule has 1 aliphatic heterocycles. The molecule has 1 N–H and O–H groups in total. The van der Waals surface area contributed by atoms with E-state index in [1.54, 1.807) is 0 Å². The minimum Gasteiger partial charge on any atom is -0.461 e. The van der Waals surface area contributed by atoms with Crippen LogP contribution in [-0.4, -0.2) is 29.8 Å². The Kier molecular flexibility index (Phi) is 8.01. The van der Waals surface area contributed by atoms with E-state index in [9.17, 15) is 14.4 Å². The minimum absolute atomic E-state index is 0.0510. The second kappa shape index (κ2) is 9.53. The number of esters is 1. The lowest BCUT2D eigenvalue weighted by Gasteiger charge is -2.09. The lowest BCUT2D eigenvalue weighted by molar-refractivity contribution is -0.144. The van der Waals surface area contributed by atoms with Crippen LogP contribution in [-0.2, 0) is 19.1 Å². The van der Waals surface area contributed by atoms with E-state index in [4.69, 9.17) is 4.74 Å². The standard InChI is InChI=1S/C16H27NO4/c1-3-5-9-13-11-14(16(20)21-13)17-15(19)10-7-6-8-12(18)4-2/h13-14H,3-11H2,1-2H3,(H,17,19)/t13-,14+/m1/s1. The fraction of sp³-hybridized carbons (Fsp3) is 0.812. The van der Waals surface area contributed by atoms with Crippen LogP contribution < -0.4 is 5.32 Å². The number of ketones is 1. The Bertz CT molecular complexity index is 367.